The van der Waals surface area contributed by atoms with E-state index in [1.165, 1.54) is 6.92 Å². The van der Waals surface area contributed by atoms with Crippen LogP contribution in [0.15, 0.2) is 0 Å². The molecule has 0 aromatic rings. The number of aliphatic hydroxyl groups excluding tert-OH is 4. The van der Waals surface area contributed by atoms with Crippen molar-refractivity contribution in [2.75, 3.05) is 13.2 Å². The maximum absolute atomic E-state index is 10.8. The average Bonchev–Trinajstić information content (AvgIpc) is 2.24. The lowest BCUT2D eigenvalue weighted by Crippen LogP contribution is -2.53. The molecule has 0 saturated heterocycles. The summed E-state index contributed by atoms with van der Waals surface area (Å²) < 4.78 is 5.00. The second-order valence-corrected chi connectivity index (χ2v) is 3.31. The molecule has 0 aromatic carbocycles. The van der Waals surface area contributed by atoms with Gasteiger partial charge in [0.25, 0.3) is 0 Å². The minimum Gasteiger partial charge on any atom is -0.394 e. The fourth-order valence-electron chi connectivity index (χ4n) is 1.12. The maximum Gasteiger partial charge on any atom is 0.218 e. The molecule has 4 atom stereocenters. The first-order chi connectivity index (χ1) is 7.43. The summed E-state index contributed by atoms with van der Waals surface area (Å²) in [6.45, 7) is 2.39. The van der Waals surface area contributed by atoms with Gasteiger partial charge in [-0.3, -0.25) is 4.79 Å². The van der Waals surface area contributed by atoms with Gasteiger partial charge in [0, 0.05) is 13.5 Å². The van der Waals surface area contributed by atoms with Gasteiger partial charge in [0.2, 0.25) is 5.91 Å². The Morgan fingerprint density at radius 1 is 1.31 bits per heavy atom. The van der Waals surface area contributed by atoms with E-state index in [1.807, 2.05) is 0 Å². The van der Waals surface area contributed by atoms with Crippen LogP contribution < -0.4 is 5.32 Å². The van der Waals surface area contributed by atoms with Crippen LogP contribution in [0.4, 0.5) is 0 Å². The second kappa shape index (κ2) is 7.53. The average molecular weight is 237 g/mol. The van der Waals surface area contributed by atoms with Gasteiger partial charge in [-0.05, 0) is 6.92 Å². The smallest absolute Gasteiger partial charge is 0.218 e. The molecule has 96 valence electrons. The van der Waals surface area contributed by atoms with E-state index >= 15 is 0 Å². The zero-order chi connectivity index (χ0) is 12.7. The van der Waals surface area contributed by atoms with Gasteiger partial charge in [0.1, 0.15) is 18.3 Å². The van der Waals surface area contributed by atoms with Crippen molar-refractivity contribution in [3.63, 3.8) is 0 Å². The van der Waals surface area contributed by atoms with E-state index in [1.54, 1.807) is 6.92 Å². The molecule has 2 unspecified atom stereocenters. The van der Waals surface area contributed by atoms with Crippen molar-refractivity contribution in [2.24, 2.45) is 0 Å². The Morgan fingerprint density at radius 3 is 2.25 bits per heavy atom. The van der Waals surface area contributed by atoms with Crippen LogP contribution >= 0.6 is 0 Å². The van der Waals surface area contributed by atoms with Crippen molar-refractivity contribution in [3.8, 4) is 0 Å². The number of hydrogen-bond acceptors (Lipinski definition) is 6. The number of aliphatic hydroxyl groups is 4. The Labute approximate surface area is 93.7 Å². The fraction of sp³-hybridized carbons (Fsp3) is 0.889. The zero-order valence-electron chi connectivity index (χ0n) is 9.33. The first-order valence-corrected chi connectivity index (χ1v) is 4.97. The Balaban J connectivity index is 4.45. The van der Waals surface area contributed by atoms with Gasteiger partial charge < -0.3 is 30.5 Å². The van der Waals surface area contributed by atoms with Gasteiger partial charge in [0.15, 0.2) is 6.23 Å². The molecule has 0 bridgehead atoms. The molecule has 1 amide bonds. The maximum atomic E-state index is 10.8. The molecule has 0 aromatic heterocycles. The summed E-state index contributed by atoms with van der Waals surface area (Å²) in [5, 5.41) is 39.0. The summed E-state index contributed by atoms with van der Waals surface area (Å²) in [5.41, 5.74) is 0. The van der Waals surface area contributed by atoms with E-state index in [2.05, 4.69) is 5.32 Å². The summed E-state index contributed by atoms with van der Waals surface area (Å²) >= 11 is 0. The monoisotopic (exact) mass is 237 g/mol. The van der Waals surface area contributed by atoms with Crippen molar-refractivity contribution in [1.29, 1.82) is 0 Å². The normalized spacial score (nSPS) is 18.6. The molecule has 0 aliphatic carbocycles. The van der Waals surface area contributed by atoms with E-state index in [0.29, 0.717) is 0 Å². The van der Waals surface area contributed by atoms with Crippen molar-refractivity contribution < 1.29 is 30.0 Å². The number of rotatable bonds is 7. The van der Waals surface area contributed by atoms with E-state index in [9.17, 15) is 15.0 Å². The topological polar surface area (TPSA) is 119 Å². The Morgan fingerprint density at radius 2 is 1.88 bits per heavy atom. The highest BCUT2D eigenvalue weighted by Crippen LogP contribution is 2.06. The quantitative estimate of drug-likeness (QED) is 0.314. The highest BCUT2D eigenvalue weighted by Gasteiger charge is 2.32. The lowest BCUT2D eigenvalue weighted by molar-refractivity contribution is -0.148. The van der Waals surface area contributed by atoms with Crippen LogP contribution in [0.2, 0.25) is 0 Å². The molecule has 0 saturated carbocycles. The predicted molar refractivity (Wildman–Crippen MR) is 54.3 cm³/mol. The van der Waals surface area contributed by atoms with Gasteiger partial charge in [-0.25, -0.2) is 0 Å². The van der Waals surface area contributed by atoms with Crippen molar-refractivity contribution in [3.05, 3.63) is 0 Å². The fourth-order valence-corrected chi connectivity index (χ4v) is 1.12. The van der Waals surface area contributed by atoms with Crippen LogP contribution in [0.25, 0.3) is 0 Å². The number of carbonyl (C=O) groups excluding carboxylic acids is 1. The van der Waals surface area contributed by atoms with Gasteiger partial charge in [-0.1, -0.05) is 0 Å². The summed E-state index contributed by atoms with van der Waals surface area (Å²) in [4.78, 5) is 10.8. The lowest BCUT2D eigenvalue weighted by Gasteiger charge is -2.28. The minimum atomic E-state index is -1.60. The van der Waals surface area contributed by atoms with Crippen LogP contribution in [0, 0.1) is 0 Å². The van der Waals surface area contributed by atoms with Gasteiger partial charge >= 0.3 is 0 Å². The number of carbonyl (C=O) groups is 1. The Kier molecular flexibility index (Phi) is 7.18. The van der Waals surface area contributed by atoms with Crippen molar-refractivity contribution in [2.45, 2.75) is 38.4 Å². The largest absolute Gasteiger partial charge is 0.394 e. The molecule has 0 radical (unpaired) electrons. The molecular formula is C9H19NO6. The van der Waals surface area contributed by atoms with E-state index in [-0.39, 0.29) is 6.61 Å². The lowest BCUT2D eigenvalue weighted by atomic mass is 10.1. The third kappa shape index (κ3) is 4.86. The van der Waals surface area contributed by atoms with Crippen molar-refractivity contribution in [1.82, 2.24) is 5.32 Å². The van der Waals surface area contributed by atoms with Crippen LogP contribution in [-0.4, -0.2) is 64.1 Å². The third-order valence-corrected chi connectivity index (χ3v) is 1.93. The van der Waals surface area contributed by atoms with Gasteiger partial charge in [-0.15, -0.1) is 0 Å². The van der Waals surface area contributed by atoms with Crippen LogP contribution in [0.3, 0.4) is 0 Å². The first-order valence-electron chi connectivity index (χ1n) is 4.97. The van der Waals surface area contributed by atoms with Gasteiger partial charge in [0.05, 0.1) is 6.61 Å². The predicted octanol–water partition coefficient (Wildman–Crippen LogP) is -2.44. The standard InChI is InChI=1S/C9H19NO6/c1-3-16-9(10-5(2)12)8(15)7(14)6(13)4-11/h6-9,11,13-15H,3-4H2,1-2H3,(H,10,12)/t6?,7-,8?,9-/m0/s1. The number of nitrogens with one attached hydrogen (secondary N) is 1. The number of amides is 1. The van der Waals surface area contributed by atoms with Crippen LogP contribution in [0.1, 0.15) is 13.8 Å². The molecule has 7 heteroatoms. The van der Waals surface area contributed by atoms with Crippen LogP contribution in [-0.2, 0) is 9.53 Å². The van der Waals surface area contributed by atoms with Crippen molar-refractivity contribution >= 4 is 5.91 Å². The molecule has 0 heterocycles. The summed E-state index contributed by atoms with van der Waals surface area (Å²) in [6, 6.07) is 0. The molecule has 0 spiro atoms. The minimum absolute atomic E-state index is 0.212. The molecular weight excluding hydrogens is 218 g/mol. The summed E-state index contributed by atoms with van der Waals surface area (Å²) in [6.07, 6.45) is -5.75. The molecule has 0 aliphatic rings. The number of hydrogen-bond donors (Lipinski definition) is 5. The summed E-state index contributed by atoms with van der Waals surface area (Å²) in [5.74, 6) is -0.441. The van der Waals surface area contributed by atoms with E-state index < -0.39 is 37.1 Å². The summed E-state index contributed by atoms with van der Waals surface area (Å²) in [7, 11) is 0. The molecule has 0 fully saturated rings. The second-order valence-electron chi connectivity index (χ2n) is 3.31. The highest BCUT2D eigenvalue weighted by molar-refractivity contribution is 5.73. The SMILES string of the molecule is CCO[C@H](NC(C)=O)C(O)[C@@H](O)C(O)CO. The Hall–Kier alpha value is -0.730. The van der Waals surface area contributed by atoms with E-state index in [0.717, 1.165) is 0 Å². The first kappa shape index (κ1) is 15.3. The molecule has 0 rings (SSSR count). The zero-order valence-corrected chi connectivity index (χ0v) is 9.33. The molecule has 7 nitrogen and oxygen atoms in total. The van der Waals surface area contributed by atoms with E-state index in [4.69, 9.17) is 14.9 Å². The van der Waals surface area contributed by atoms with Crippen LogP contribution in [0.5, 0.6) is 0 Å². The molecule has 5 N–H and O–H groups in total. The highest BCUT2D eigenvalue weighted by atomic mass is 16.5. The third-order valence-electron chi connectivity index (χ3n) is 1.93. The molecule has 0 aliphatic heterocycles. The Bertz CT molecular complexity index is 212. The number of ether oxygens (including phenoxy) is 1. The van der Waals surface area contributed by atoms with Gasteiger partial charge in [-0.2, -0.15) is 0 Å². The molecule has 16 heavy (non-hydrogen) atoms.